The van der Waals surface area contributed by atoms with Crippen LogP contribution in [0.25, 0.3) is 6.08 Å². The zero-order valence-corrected chi connectivity index (χ0v) is 7.96. The molecule has 1 aromatic rings. The lowest BCUT2D eigenvalue weighted by molar-refractivity contribution is 0.911. The number of hydrogen-bond donors (Lipinski definition) is 0. The predicted octanol–water partition coefficient (Wildman–Crippen LogP) is 2.92. The molecule has 12 heavy (non-hydrogen) atoms. The van der Waals surface area contributed by atoms with E-state index >= 15 is 0 Å². The summed E-state index contributed by atoms with van der Waals surface area (Å²) in [7, 11) is 2.05. The molecule has 0 saturated heterocycles. The number of aromatic nitrogens is 1. The van der Waals surface area contributed by atoms with Crippen LogP contribution in [-0.4, -0.2) is 4.57 Å². The molecule has 0 aliphatic carbocycles. The third-order valence-electron chi connectivity index (χ3n) is 1.86. The molecule has 0 amide bonds. The van der Waals surface area contributed by atoms with E-state index < -0.39 is 0 Å². The highest BCUT2D eigenvalue weighted by Crippen LogP contribution is 2.10. The second-order valence-electron chi connectivity index (χ2n) is 3.17. The van der Waals surface area contributed by atoms with Crippen LogP contribution in [0.5, 0.6) is 0 Å². The van der Waals surface area contributed by atoms with Crippen molar-refractivity contribution in [1.82, 2.24) is 4.57 Å². The summed E-state index contributed by atoms with van der Waals surface area (Å²) in [5.74, 6) is 0. The van der Waals surface area contributed by atoms with Gasteiger partial charge in [0.1, 0.15) is 0 Å². The monoisotopic (exact) mass is 161 g/mol. The summed E-state index contributed by atoms with van der Waals surface area (Å²) in [5.41, 5.74) is 3.63. The molecule has 0 aliphatic heterocycles. The van der Waals surface area contributed by atoms with Crippen LogP contribution >= 0.6 is 0 Å². The van der Waals surface area contributed by atoms with E-state index in [0.717, 1.165) is 5.57 Å². The lowest BCUT2D eigenvalue weighted by Gasteiger charge is -1.97. The summed E-state index contributed by atoms with van der Waals surface area (Å²) >= 11 is 0. The standard InChI is InChI=1S/C11H15N/c1-9(2)5-6-11-10(3)7-8-12(11)4/h5-8H,1H2,2-4H3/b6-5-. The minimum Gasteiger partial charge on any atom is -0.351 e. The molecule has 0 aromatic carbocycles. The Balaban J connectivity index is 2.95. The third-order valence-corrected chi connectivity index (χ3v) is 1.86. The van der Waals surface area contributed by atoms with Crippen LogP contribution in [0.2, 0.25) is 0 Å². The molecule has 0 saturated carbocycles. The lowest BCUT2D eigenvalue weighted by atomic mass is 10.2. The van der Waals surface area contributed by atoms with Crippen molar-refractivity contribution in [2.75, 3.05) is 0 Å². The fourth-order valence-corrected chi connectivity index (χ4v) is 1.14. The Bertz CT molecular complexity index is 296. The van der Waals surface area contributed by atoms with Gasteiger partial charge in [0.2, 0.25) is 0 Å². The molecule has 0 radical (unpaired) electrons. The van der Waals surface area contributed by atoms with Gasteiger partial charge in [0.25, 0.3) is 0 Å². The van der Waals surface area contributed by atoms with E-state index in [0.29, 0.717) is 0 Å². The van der Waals surface area contributed by atoms with Crippen molar-refractivity contribution in [1.29, 1.82) is 0 Å². The van der Waals surface area contributed by atoms with Crippen molar-refractivity contribution >= 4 is 6.08 Å². The Hall–Kier alpha value is -1.24. The van der Waals surface area contributed by atoms with Crippen molar-refractivity contribution in [3.05, 3.63) is 41.7 Å². The van der Waals surface area contributed by atoms with E-state index in [1.54, 1.807) is 0 Å². The van der Waals surface area contributed by atoms with Gasteiger partial charge in [-0.15, -0.1) is 0 Å². The summed E-state index contributed by atoms with van der Waals surface area (Å²) < 4.78 is 2.11. The summed E-state index contributed by atoms with van der Waals surface area (Å²) in [6.45, 7) is 7.92. The fraction of sp³-hybridized carbons (Fsp3) is 0.273. The molecule has 0 unspecified atom stereocenters. The number of nitrogens with zero attached hydrogens (tertiary/aromatic N) is 1. The second kappa shape index (κ2) is 3.44. The maximum Gasteiger partial charge on any atom is 0.0433 e. The van der Waals surface area contributed by atoms with Crippen molar-refractivity contribution in [3.63, 3.8) is 0 Å². The zero-order chi connectivity index (χ0) is 9.14. The Morgan fingerprint density at radius 2 is 2.25 bits per heavy atom. The number of hydrogen-bond acceptors (Lipinski definition) is 0. The smallest absolute Gasteiger partial charge is 0.0433 e. The number of rotatable bonds is 2. The van der Waals surface area contributed by atoms with Gasteiger partial charge in [-0.1, -0.05) is 18.2 Å². The second-order valence-corrected chi connectivity index (χ2v) is 3.17. The first-order valence-electron chi connectivity index (χ1n) is 4.07. The van der Waals surface area contributed by atoms with Gasteiger partial charge >= 0.3 is 0 Å². The van der Waals surface area contributed by atoms with Crippen LogP contribution in [-0.2, 0) is 7.05 Å². The Morgan fingerprint density at radius 1 is 1.58 bits per heavy atom. The average molecular weight is 161 g/mol. The SMILES string of the molecule is C=C(C)/C=C\c1c(C)ccn1C. The van der Waals surface area contributed by atoms with Gasteiger partial charge in [-0.2, -0.15) is 0 Å². The average Bonchev–Trinajstić information content (AvgIpc) is 2.28. The van der Waals surface area contributed by atoms with E-state index in [9.17, 15) is 0 Å². The Morgan fingerprint density at radius 3 is 2.67 bits per heavy atom. The summed E-state index contributed by atoms with van der Waals surface area (Å²) in [5, 5.41) is 0. The minimum absolute atomic E-state index is 1.08. The molecule has 0 aliphatic rings. The largest absolute Gasteiger partial charge is 0.351 e. The number of aryl methyl sites for hydroxylation is 2. The molecule has 0 fully saturated rings. The van der Waals surface area contributed by atoms with Crippen LogP contribution in [0, 0.1) is 6.92 Å². The van der Waals surface area contributed by atoms with Crippen molar-refractivity contribution in [3.8, 4) is 0 Å². The molecule has 1 heteroatoms. The van der Waals surface area contributed by atoms with Crippen LogP contribution in [0.1, 0.15) is 18.2 Å². The van der Waals surface area contributed by atoms with E-state index in [1.165, 1.54) is 11.3 Å². The quantitative estimate of drug-likeness (QED) is 0.588. The van der Waals surface area contributed by atoms with Gasteiger partial charge in [0.05, 0.1) is 0 Å². The van der Waals surface area contributed by atoms with Crippen molar-refractivity contribution < 1.29 is 0 Å². The number of allylic oxidation sites excluding steroid dienone is 2. The summed E-state index contributed by atoms with van der Waals surface area (Å²) in [6, 6.07) is 2.11. The van der Waals surface area contributed by atoms with Crippen LogP contribution < -0.4 is 0 Å². The van der Waals surface area contributed by atoms with Crippen LogP contribution in [0.3, 0.4) is 0 Å². The van der Waals surface area contributed by atoms with Gasteiger partial charge in [-0.3, -0.25) is 0 Å². The maximum atomic E-state index is 3.82. The highest BCUT2D eigenvalue weighted by atomic mass is 14.9. The first kappa shape index (κ1) is 8.85. The Kier molecular flexibility index (Phi) is 2.54. The molecule has 0 atom stereocenters. The Labute approximate surface area is 74.0 Å². The van der Waals surface area contributed by atoms with E-state index in [1.807, 2.05) is 20.0 Å². The van der Waals surface area contributed by atoms with Gasteiger partial charge in [0, 0.05) is 18.9 Å². The van der Waals surface area contributed by atoms with Gasteiger partial charge in [0.15, 0.2) is 0 Å². The molecule has 1 aromatic heterocycles. The van der Waals surface area contributed by atoms with E-state index in [-0.39, 0.29) is 0 Å². The normalized spacial score (nSPS) is 10.9. The first-order valence-corrected chi connectivity index (χ1v) is 4.07. The highest BCUT2D eigenvalue weighted by Gasteiger charge is 1.96. The van der Waals surface area contributed by atoms with Gasteiger partial charge in [-0.25, -0.2) is 0 Å². The summed E-state index contributed by atoms with van der Waals surface area (Å²) in [6.07, 6.45) is 6.19. The predicted molar refractivity (Wildman–Crippen MR) is 54.0 cm³/mol. The highest BCUT2D eigenvalue weighted by molar-refractivity contribution is 5.53. The maximum absolute atomic E-state index is 3.82. The van der Waals surface area contributed by atoms with Gasteiger partial charge in [-0.05, 0) is 31.6 Å². The molecule has 0 N–H and O–H groups in total. The third kappa shape index (κ3) is 1.88. The van der Waals surface area contributed by atoms with E-state index in [4.69, 9.17) is 0 Å². The lowest BCUT2D eigenvalue weighted by Crippen LogP contribution is -1.88. The van der Waals surface area contributed by atoms with Crippen LogP contribution in [0.15, 0.2) is 30.5 Å². The molecular formula is C11H15N. The summed E-state index contributed by atoms with van der Waals surface area (Å²) in [4.78, 5) is 0. The molecule has 64 valence electrons. The van der Waals surface area contributed by atoms with Gasteiger partial charge < -0.3 is 4.57 Å². The fourth-order valence-electron chi connectivity index (χ4n) is 1.14. The first-order chi connectivity index (χ1) is 5.61. The van der Waals surface area contributed by atoms with Crippen LogP contribution in [0.4, 0.5) is 0 Å². The zero-order valence-electron chi connectivity index (χ0n) is 7.96. The van der Waals surface area contributed by atoms with Crippen molar-refractivity contribution in [2.45, 2.75) is 13.8 Å². The topological polar surface area (TPSA) is 4.93 Å². The molecule has 1 rings (SSSR count). The van der Waals surface area contributed by atoms with Crippen molar-refractivity contribution in [2.24, 2.45) is 7.05 Å². The minimum atomic E-state index is 1.08. The molecule has 1 heterocycles. The van der Waals surface area contributed by atoms with E-state index in [2.05, 4.69) is 36.4 Å². The molecular weight excluding hydrogens is 146 g/mol. The molecule has 0 bridgehead atoms. The molecule has 1 nitrogen and oxygen atoms in total. The molecule has 0 spiro atoms.